The highest BCUT2D eigenvalue weighted by molar-refractivity contribution is 5.76. The second kappa shape index (κ2) is 8.07. The van der Waals surface area contributed by atoms with E-state index in [1.54, 1.807) is 27.9 Å². The number of rotatable bonds is 7. The fourth-order valence-electron chi connectivity index (χ4n) is 3.00. The molecular weight excluding hydrogens is 344 g/mol. The summed E-state index contributed by atoms with van der Waals surface area (Å²) >= 11 is 0. The highest BCUT2D eigenvalue weighted by Gasteiger charge is 2.14. The third kappa shape index (κ3) is 3.86. The van der Waals surface area contributed by atoms with E-state index in [0.29, 0.717) is 30.9 Å². The highest BCUT2D eigenvalue weighted by atomic mass is 16.5. The number of carbonyl (C=O) groups excluding carboxylic acids is 1. The first-order valence-electron chi connectivity index (χ1n) is 9.17. The Labute approximate surface area is 157 Å². The molecule has 2 aromatic heterocycles. The largest absolute Gasteiger partial charge is 0.494 e. The summed E-state index contributed by atoms with van der Waals surface area (Å²) in [5, 5.41) is 4.47. The minimum atomic E-state index is -0.234. The Kier molecular flexibility index (Phi) is 5.59. The first-order valence-corrected chi connectivity index (χ1v) is 9.17. The molecule has 0 bridgehead atoms. The Hall–Kier alpha value is -3.09. The van der Waals surface area contributed by atoms with Crippen LogP contribution < -0.4 is 10.3 Å². The third-order valence-corrected chi connectivity index (χ3v) is 4.49. The molecule has 0 atom stereocenters. The number of hydrogen-bond acceptors (Lipinski definition) is 4. The van der Waals surface area contributed by atoms with E-state index in [1.165, 1.54) is 4.57 Å². The van der Waals surface area contributed by atoms with Crippen molar-refractivity contribution in [3.8, 4) is 17.0 Å². The summed E-state index contributed by atoms with van der Waals surface area (Å²) in [4.78, 5) is 26.8. The van der Waals surface area contributed by atoms with Crippen LogP contribution in [0.1, 0.15) is 20.8 Å². The molecule has 3 aromatic rings. The minimum Gasteiger partial charge on any atom is -0.494 e. The van der Waals surface area contributed by atoms with Gasteiger partial charge in [-0.1, -0.05) is 0 Å². The topological polar surface area (TPSA) is 68.8 Å². The number of aromatic nitrogens is 3. The SMILES string of the molecule is CCOc1ccc(-c2cc3c(=O)n(CC(=O)N(CC)CC)ccn3n2)cc1. The smallest absolute Gasteiger partial charge is 0.277 e. The van der Waals surface area contributed by atoms with Crippen molar-refractivity contribution in [2.75, 3.05) is 19.7 Å². The molecule has 0 spiro atoms. The molecule has 0 aliphatic heterocycles. The number of nitrogens with zero attached hydrogens (tertiary/aromatic N) is 4. The lowest BCUT2D eigenvalue weighted by molar-refractivity contribution is -0.131. The zero-order valence-corrected chi connectivity index (χ0v) is 15.9. The molecule has 0 radical (unpaired) electrons. The molecule has 27 heavy (non-hydrogen) atoms. The zero-order valence-electron chi connectivity index (χ0n) is 15.9. The molecule has 1 amide bonds. The van der Waals surface area contributed by atoms with Crippen LogP contribution in [0.5, 0.6) is 5.75 Å². The van der Waals surface area contributed by atoms with Gasteiger partial charge in [-0.3, -0.25) is 9.59 Å². The number of likely N-dealkylation sites (N-methyl/N-ethyl adjacent to an activating group) is 1. The molecule has 0 aliphatic carbocycles. The molecule has 0 aliphatic rings. The van der Waals surface area contributed by atoms with Gasteiger partial charge in [-0.25, -0.2) is 4.52 Å². The maximum atomic E-state index is 12.8. The standard InChI is InChI=1S/C20H24N4O3/c1-4-22(5-2)19(25)14-23-11-12-24-18(20(23)26)13-17(21-24)15-7-9-16(10-8-15)27-6-3/h7-13H,4-6,14H2,1-3H3. The van der Waals surface area contributed by atoms with Crippen molar-refractivity contribution >= 4 is 11.4 Å². The Balaban J connectivity index is 1.91. The van der Waals surface area contributed by atoms with Crippen LogP contribution in [0, 0.1) is 0 Å². The molecular formula is C20H24N4O3. The van der Waals surface area contributed by atoms with Crippen LogP contribution in [0.25, 0.3) is 16.8 Å². The summed E-state index contributed by atoms with van der Waals surface area (Å²) in [6, 6.07) is 9.33. The molecule has 3 rings (SSSR count). The van der Waals surface area contributed by atoms with Crippen molar-refractivity contribution in [3.63, 3.8) is 0 Å². The van der Waals surface area contributed by atoms with Gasteiger partial charge in [0.05, 0.1) is 12.3 Å². The number of amides is 1. The minimum absolute atomic E-state index is 0.0284. The van der Waals surface area contributed by atoms with Gasteiger partial charge in [0.1, 0.15) is 17.8 Å². The van der Waals surface area contributed by atoms with Crippen molar-refractivity contribution < 1.29 is 9.53 Å². The van der Waals surface area contributed by atoms with E-state index >= 15 is 0 Å². The fourth-order valence-corrected chi connectivity index (χ4v) is 3.00. The lowest BCUT2D eigenvalue weighted by atomic mass is 10.1. The monoisotopic (exact) mass is 368 g/mol. The molecule has 0 fully saturated rings. The number of hydrogen-bond donors (Lipinski definition) is 0. The molecule has 0 saturated carbocycles. The van der Waals surface area contributed by atoms with E-state index in [-0.39, 0.29) is 18.0 Å². The quantitative estimate of drug-likeness (QED) is 0.642. The Morgan fingerprint density at radius 2 is 1.81 bits per heavy atom. The highest BCUT2D eigenvalue weighted by Crippen LogP contribution is 2.21. The normalized spacial score (nSPS) is 10.9. The summed E-state index contributed by atoms with van der Waals surface area (Å²) in [6.45, 7) is 7.68. The summed E-state index contributed by atoms with van der Waals surface area (Å²) in [6.07, 6.45) is 3.30. The van der Waals surface area contributed by atoms with Gasteiger partial charge >= 0.3 is 0 Å². The van der Waals surface area contributed by atoms with Gasteiger partial charge in [-0.15, -0.1) is 0 Å². The Morgan fingerprint density at radius 3 is 2.44 bits per heavy atom. The van der Waals surface area contributed by atoms with Crippen LogP contribution in [0.15, 0.2) is 47.5 Å². The lowest BCUT2D eigenvalue weighted by Gasteiger charge is -2.19. The van der Waals surface area contributed by atoms with Gasteiger partial charge in [0.25, 0.3) is 5.56 Å². The van der Waals surface area contributed by atoms with E-state index < -0.39 is 0 Å². The van der Waals surface area contributed by atoms with Crippen molar-refractivity contribution in [2.24, 2.45) is 0 Å². The maximum absolute atomic E-state index is 12.8. The third-order valence-electron chi connectivity index (χ3n) is 4.49. The van der Waals surface area contributed by atoms with E-state index in [1.807, 2.05) is 45.0 Å². The van der Waals surface area contributed by atoms with Crippen LogP contribution in [0.3, 0.4) is 0 Å². The van der Waals surface area contributed by atoms with Crippen LogP contribution in [0.2, 0.25) is 0 Å². The van der Waals surface area contributed by atoms with Crippen molar-refractivity contribution in [3.05, 3.63) is 53.1 Å². The molecule has 2 heterocycles. The zero-order chi connectivity index (χ0) is 19.4. The maximum Gasteiger partial charge on any atom is 0.277 e. The van der Waals surface area contributed by atoms with Crippen LogP contribution in [0.4, 0.5) is 0 Å². The number of fused-ring (bicyclic) bond motifs is 1. The van der Waals surface area contributed by atoms with E-state index in [9.17, 15) is 9.59 Å². The predicted molar refractivity (Wildman–Crippen MR) is 104 cm³/mol. The first kappa shape index (κ1) is 18.7. The first-order chi connectivity index (χ1) is 13.1. The molecule has 1 aromatic carbocycles. The van der Waals surface area contributed by atoms with Gasteiger partial charge in [-0.05, 0) is 51.1 Å². The molecule has 7 nitrogen and oxygen atoms in total. The van der Waals surface area contributed by atoms with Crippen molar-refractivity contribution in [1.29, 1.82) is 0 Å². The molecule has 0 unspecified atom stereocenters. The number of carbonyl (C=O) groups is 1. The van der Waals surface area contributed by atoms with Crippen LogP contribution in [-0.2, 0) is 11.3 Å². The molecule has 0 N–H and O–H groups in total. The Morgan fingerprint density at radius 1 is 1.11 bits per heavy atom. The summed E-state index contributed by atoms with van der Waals surface area (Å²) in [7, 11) is 0. The van der Waals surface area contributed by atoms with Crippen molar-refractivity contribution in [1.82, 2.24) is 19.1 Å². The number of benzene rings is 1. The lowest BCUT2D eigenvalue weighted by Crippen LogP contribution is -2.36. The fraction of sp³-hybridized carbons (Fsp3) is 0.350. The molecule has 7 heteroatoms. The van der Waals surface area contributed by atoms with Gasteiger partial charge in [0, 0.05) is 31.0 Å². The summed E-state index contributed by atoms with van der Waals surface area (Å²) < 4.78 is 8.43. The van der Waals surface area contributed by atoms with E-state index in [4.69, 9.17) is 4.74 Å². The average Bonchev–Trinajstić information content (AvgIpc) is 3.11. The van der Waals surface area contributed by atoms with Gasteiger partial charge < -0.3 is 14.2 Å². The summed E-state index contributed by atoms with van der Waals surface area (Å²) in [5.41, 5.74) is 1.80. The second-order valence-electron chi connectivity index (χ2n) is 6.11. The van der Waals surface area contributed by atoms with Crippen molar-refractivity contribution in [2.45, 2.75) is 27.3 Å². The second-order valence-corrected chi connectivity index (χ2v) is 6.11. The van der Waals surface area contributed by atoms with Gasteiger partial charge in [0.2, 0.25) is 5.91 Å². The van der Waals surface area contributed by atoms with Gasteiger partial charge in [-0.2, -0.15) is 5.10 Å². The molecule has 142 valence electrons. The average molecular weight is 368 g/mol. The molecule has 0 saturated heterocycles. The Bertz CT molecular complexity index is 985. The van der Waals surface area contributed by atoms with E-state index in [2.05, 4.69) is 5.10 Å². The van der Waals surface area contributed by atoms with E-state index in [0.717, 1.165) is 11.3 Å². The number of ether oxygens (including phenoxy) is 1. The predicted octanol–water partition coefficient (Wildman–Crippen LogP) is 2.43. The van der Waals surface area contributed by atoms with Crippen LogP contribution >= 0.6 is 0 Å². The van der Waals surface area contributed by atoms with Gasteiger partial charge in [0.15, 0.2) is 0 Å². The summed E-state index contributed by atoms with van der Waals surface area (Å²) in [5.74, 6) is 0.722. The van der Waals surface area contributed by atoms with Crippen LogP contribution in [-0.4, -0.2) is 44.7 Å².